The minimum absolute atomic E-state index is 0.0325. The Kier molecular flexibility index (Phi) is 4.59. The number of pyridine rings is 1. The molecule has 0 fully saturated rings. The number of imidazole rings is 1. The maximum Gasteiger partial charge on any atom is 0.233 e. The number of carbonyl (C=O) groups is 1. The first-order chi connectivity index (χ1) is 13.0. The number of sulfone groups is 1. The zero-order valence-corrected chi connectivity index (χ0v) is 15.8. The van der Waals surface area contributed by atoms with Gasteiger partial charge in [-0.1, -0.05) is 12.1 Å². The van der Waals surface area contributed by atoms with Gasteiger partial charge in [-0.2, -0.15) is 0 Å². The van der Waals surface area contributed by atoms with Gasteiger partial charge in [-0.05, 0) is 36.2 Å². The quantitative estimate of drug-likeness (QED) is 0.466. The van der Waals surface area contributed by atoms with E-state index in [-0.39, 0.29) is 15.0 Å². The van der Waals surface area contributed by atoms with Crippen LogP contribution in [0.2, 0.25) is 0 Å². The summed E-state index contributed by atoms with van der Waals surface area (Å²) in [5.74, 6) is 0.0325. The van der Waals surface area contributed by atoms with Crippen LogP contribution in [0.3, 0.4) is 0 Å². The smallest absolute Gasteiger partial charge is 0.233 e. The lowest BCUT2D eigenvalue weighted by Gasteiger charge is -2.05. The Morgan fingerprint density at radius 3 is 2.59 bits per heavy atom. The number of benzene rings is 1. The molecule has 0 N–H and O–H groups in total. The third-order valence-corrected chi connectivity index (χ3v) is 7.19. The number of ketones is 1. The van der Waals surface area contributed by atoms with Gasteiger partial charge in [0.1, 0.15) is 5.65 Å². The molecule has 27 heavy (non-hydrogen) atoms. The molecule has 0 aliphatic heterocycles. The summed E-state index contributed by atoms with van der Waals surface area (Å²) in [5, 5.41) is 1.63. The monoisotopic (exact) mass is 397 g/mol. The number of nitrogens with zero attached hydrogens (tertiary/aromatic N) is 3. The van der Waals surface area contributed by atoms with Gasteiger partial charge in [-0.3, -0.25) is 4.79 Å². The van der Waals surface area contributed by atoms with Gasteiger partial charge in [0, 0.05) is 42.2 Å². The van der Waals surface area contributed by atoms with Gasteiger partial charge < -0.3 is 4.40 Å². The third kappa shape index (κ3) is 3.54. The lowest BCUT2D eigenvalue weighted by molar-refractivity contribution is 0.0982. The van der Waals surface area contributed by atoms with Crippen LogP contribution in [0.15, 0.2) is 75.8 Å². The fourth-order valence-corrected chi connectivity index (χ4v) is 4.98. The number of thiazole rings is 1. The largest absolute Gasteiger partial charge is 0.306 e. The molecule has 0 aliphatic rings. The summed E-state index contributed by atoms with van der Waals surface area (Å²) in [5.41, 5.74) is 2.33. The molecule has 0 saturated heterocycles. The number of rotatable bonds is 6. The van der Waals surface area contributed by atoms with E-state index in [1.807, 2.05) is 10.5 Å². The maximum atomic E-state index is 12.4. The molecular weight excluding hydrogens is 382 g/mol. The van der Waals surface area contributed by atoms with Gasteiger partial charge >= 0.3 is 0 Å². The first-order valence-corrected chi connectivity index (χ1v) is 10.6. The van der Waals surface area contributed by atoms with Crippen LogP contribution in [0.25, 0.3) is 5.65 Å². The molecule has 0 amide bonds. The predicted molar refractivity (Wildman–Crippen MR) is 102 cm³/mol. The maximum absolute atomic E-state index is 12.4. The van der Waals surface area contributed by atoms with Crippen LogP contribution < -0.4 is 0 Å². The molecular formula is C19H15N3O3S2. The Morgan fingerprint density at radius 1 is 1.04 bits per heavy atom. The van der Waals surface area contributed by atoms with E-state index < -0.39 is 9.84 Å². The second kappa shape index (κ2) is 7.05. The van der Waals surface area contributed by atoms with Gasteiger partial charge in [0.2, 0.25) is 14.2 Å². The summed E-state index contributed by atoms with van der Waals surface area (Å²) in [7, 11) is -3.57. The van der Waals surface area contributed by atoms with Crippen molar-refractivity contribution in [3.63, 3.8) is 0 Å². The lowest BCUT2D eigenvalue weighted by Crippen LogP contribution is -2.04. The van der Waals surface area contributed by atoms with Crippen molar-refractivity contribution in [3.05, 3.63) is 77.7 Å². The number of hydrogen-bond acceptors (Lipinski definition) is 6. The highest BCUT2D eigenvalue weighted by atomic mass is 32.2. The van der Waals surface area contributed by atoms with Crippen molar-refractivity contribution in [1.29, 1.82) is 0 Å². The van der Waals surface area contributed by atoms with Gasteiger partial charge in [0.15, 0.2) is 5.78 Å². The van der Waals surface area contributed by atoms with Gasteiger partial charge in [0.05, 0.1) is 4.90 Å². The lowest BCUT2D eigenvalue weighted by atomic mass is 10.0. The van der Waals surface area contributed by atoms with Gasteiger partial charge in [-0.25, -0.2) is 18.4 Å². The predicted octanol–water partition coefficient (Wildman–Crippen LogP) is 3.44. The first-order valence-electron chi connectivity index (χ1n) is 8.23. The molecule has 3 aromatic heterocycles. The van der Waals surface area contributed by atoms with E-state index in [0.29, 0.717) is 18.4 Å². The van der Waals surface area contributed by atoms with Crippen molar-refractivity contribution in [1.82, 2.24) is 14.4 Å². The average molecular weight is 397 g/mol. The molecule has 4 aromatic rings. The van der Waals surface area contributed by atoms with E-state index in [4.69, 9.17) is 0 Å². The minimum Gasteiger partial charge on any atom is -0.306 e. The van der Waals surface area contributed by atoms with Crippen molar-refractivity contribution >= 4 is 32.6 Å². The summed E-state index contributed by atoms with van der Waals surface area (Å²) in [6.45, 7) is 0. The average Bonchev–Trinajstić information content (AvgIpc) is 3.37. The number of aryl methyl sites for hydroxylation is 1. The first kappa shape index (κ1) is 17.6. The number of Topliss-reactive ketones (excluding diaryl/α,β-unsaturated/α-hetero) is 1. The summed E-state index contributed by atoms with van der Waals surface area (Å²) >= 11 is 1.09. The summed E-state index contributed by atoms with van der Waals surface area (Å²) in [6.07, 6.45) is 7.61. The number of aromatic nitrogens is 3. The highest BCUT2D eigenvalue weighted by molar-refractivity contribution is 7.93. The van der Waals surface area contributed by atoms with Crippen LogP contribution in [-0.4, -0.2) is 28.6 Å². The minimum atomic E-state index is -3.57. The molecule has 0 atom stereocenters. The Bertz CT molecular complexity index is 1190. The summed E-state index contributed by atoms with van der Waals surface area (Å²) in [4.78, 5) is 20.7. The molecule has 0 saturated carbocycles. The molecule has 8 heteroatoms. The van der Waals surface area contributed by atoms with Gasteiger partial charge in [-0.15, -0.1) is 11.3 Å². The molecule has 6 nitrogen and oxygen atoms in total. The molecule has 1 aromatic carbocycles. The van der Waals surface area contributed by atoms with E-state index in [2.05, 4.69) is 9.97 Å². The topological polar surface area (TPSA) is 81.4 Å². The van der Waals surface area contributed by atoms with E-state index in [1.54, 1.807) is 54.3 Å². The van der Waals surface area contributed by atoms with Crippen molar-refractivity contribution in [2.45, 2.75) is 22.1 Å². The SMILES string of the molecule is O=C(CCc1ccc(S(=O)(=O)c2nccs2)cc1)c1ccc2nccn2c1. The molecule has 3 heterocycles. The van der Waals surface area contributed by atoms with Crippen molar-refractivity contribution in [2.24, 2.45) is 0 Å². The fraction of sp³-hybridized carbons (Fsp3) is 0.105. The molecule has 136 valence electrons. The second-order valence-electron chi connectivity index (χ2n) is 5.98. The third-order valence-electron chi connectivity index (χ3n) is 4.22. The molecule has 0 aliphatic carbocycles. The highest BCUT2D eigenvalue weighted by Gasteiger charge is 2.20. The molecule has 0 bridgehead atoms. The Labute approximate surface area is 160 Å². The van der Waals surface area contributed by atoms with E-state index in [0.717, 1.165) is 22.5 Å². The normalized spacial score (nSPS) is 11.7. The summed E-state index contributed by atoms with van der Waals surface area (Å²) in [6, 6.07) is 10.2. The summed E-state index contributed by atoms with van der Waals surface area (Å²) < 4.78 is 26.8. The standard InChI is InChI=1S/C19H15N3O3S2/c23-17(15-4-8-18-20-9-11-22(18)13-15)7-3-14-1-5-16(6-2-14)27(24,25)19-21-10-12-26-19/h1-2,4-6,8-13H,3,7H2. The molecule has 4 rings (SSSR count). The van der Waals surface area contributed by atoms with Crippen LogP contribution in [0.1, 0.15) is 22.3 Å². The Morgan fingerprint density at radius 2 is 1.85 bits per heavy atom. The highest BCUT2D eigenvalue weighted by Crippen LogP contribution is 2.23. The fourth-order valence-electron chi connectivity index (χ4n) is 2.77. The number of fused-ring (bicyclic) bond motifs is 1. The van der Waals surface area contributed by atoms with Crippen LogP contribution in [0.4, 0.5) is 0 Å². The van der Waals surface area contributed by atoms with Crippen molar-refractivity contribution < 1.29 is 13.2 Å². The zero-order chi connectivity index (χ0) is 18.9. The molecule has 0 unspecified atom stereocenters. The van der Waals surface area contributed by atoms with E-state index >= 15 is 0 Å². The van der Waals surface area contributed by atoms with Crippen LogP contribution in [0, 0.1) is 0 Å². The zero-order valence-electron chi connectivity index (χ0n) is 14.1. The van der Waals surface area contributed by atoms with Crippen LogP contribution in [-0.2, 0) is 16.3 Å². The van der Waals surface area contributed by atoms with Crippen LogP contribution in [0.5, 0.6) is 0 Å². The molecule has 0 radical (unpaired) electrons. The number of carbonyl (C=O) groups excluding carboxylic acids is 1. The van der Waals surface area contributed by atoms with Gasteiger partial charge in [0.25, 0.3) is 0 Å². The van der Waals surface area contributed by atoms with Crippen molar-refractivity contribution in [3.8, 4) is 0 Å². The Balaban J connectivity index is 1.45. The Hall–Kier alpha value is -2.84. The van der Waals surface area contributed by atoms with E-state index in [9.17, 15) is 13.2 Å². The molecule has 0 spiro atoms. The van der Waals surface area contributed by atoms with Crippen molar-refractivity contribution in [2.75, 3.05) is 0 Å². The number of hydrogen-bond donors (Lipinski definition) is 0. The van der Waals surface area contributed by atoms with E-state index in [1.165, 1.54) is 6.20 Å². The second-order valence-corrected chi connectivity index (χ2v) is 9.00. The van der Waals surface area contributed by atoms with Crippen LogP contribution >= 0.6 is 11.3 Å².